The Hall–Kier alpha value is 0.120. The molecule has 0 saturated heterocycles. The number of alkyl halides is 1. The van der Waals surface area contributed by atoms with Crippen molar-refractivity contribution in [1.29, 1.82) is 0 Å². The van der Waals surface area contributed by atoms with Crippen LogP contribution in [0.25, 0.3) is 6.08 Å². The van der Waals surface area contributed by atoms with Crippen LogP contribution in [-0.4, -0.2) is 4.93 Å². The van der Waals surface area contributed by atoms with Crippen molar-refractivity contribution in [2.75, 3.05) is 4.93 Å². The van der Waals surface area contributed by atoms with Crippen molar-refractivity contribution in [2.45, 2.75) is 0 Å². The maximum absolute atomic E-state index is 3.63. The smallest absolute Gasteiger partial charge is 0.0121 e. The quantitative estimate of drug-likeness (QED) is 0.420. The third kappa shape index (κ3) is 6.52. The third-order valence-electron chi connectivity index (χ3n) is 1.04. The largest absolute Gasteiger partial charge is 0.153 e. The second kappa shape index (κ2) is 10.1. The lowest BCUT2D eigenvalue weighted by Gasteiger charge is -1.85. The molecule has 0 aliphatic heterocycles. The van der Waals surface area contributed by atoms with Crippen molar-refractivity contribution >= 4 is 38.6 Å². The van der Waals surface area contributed by atoms with E-state index in [1.54, 1.807) is 0 Å². The molecule has 2 heteroatoms. The monoisotopic (exact) mass is 280 g/mol. The lowest BCUT2D eigenvalue weighted by Crippen LogP contribution is -1.63. The predicted molar refractivity (Wildman–Crippen MR) is 67.6 cm³/mol. The molecule has 1 aromatic rings. The Balaban J connectivity index is 0. The Kier molecular flexibility index (Phi) is 12.6. The molecule has 1 unspecified atom stereocenters. The number of hydrogen-bond acceptors (Lipinski definition) is 0. The first-order chi connectivity index (χ1) is 4.93. The Morgan fingerprint density at radius 1 is 1.18 bits per heavy atom. The molecule has 1 atom stereocenters. The molecule has 0 aromatic heterocycles. The van der Waals surface area contributed by atoms with Gasteiger partial charge in [0.2, 0.25) is 0 Å². The van der Waals surface area contributed by atoms with Gasteiger partial charge in [-0.3, -0.25) is 0 Å². The van der Waals surface area contributed by atoms with E-state index in [2.05, 4.69) is 29.2 Å². The van der Waals surface area contributed by atoms with Gasteiger partial charge in [0.1, 0.15) is 0 Å². The SMILES string of the molecule is C=Cc1ccccc1.CI.P. The normalized spacial score (nSPS) is 6.73. The van der Waals surface area contributed by atoms with E-state index in [9.17, 15) is 0 Å². The Bertz CT molecular complexity index is 172. The first kappa shape index (κ1) is 13.7. The van der Waals surface area contributed by atoms with Crippen LogP contribution in [0.3, 0.4) is 0 Å². The molecule has 0 heterocycles. The maximum atomic E-state index is 3.63. The molecule has 0 bridgehead atoms. The third-order valence-corrected chi connectivity index (χ3v) is 1.04. The predicted octanol–water partition coefficient (Wildman–Crippen LogP) is 3.44. The van der Waals surface area contributed by atoms with Gasteiger partial charge in [-0.25, -0.2) is 0 Å². The van der Waals surface area contributed by atoms with Crippen molar-refractivity contribution in [2.24, 2.45) is 0 Å². The minimum absolute atomic E-state index is 0. The number of halogens is 1. The van der Waals surface area contributed by atoms with Crippen molar-refractivity contribution in [3.63, 3.8) is 0 Å². The fourth-order valence-electron chi connectivity index (χ4n) is 0.589. The molecular formula is C9H14IP. The van der Waals surface area contributed by atoms with Crippen molar-refractivity contribution in [3.05, 3.63) is 42.5 Å². The zero-order valence-electron chi connectivity index (χ0n) is 6.76. The van der Waals surface area contributed by atoms with Crippen molar-refractivity contribution in [3.8, 4) is 0 Å². The topological polar surface area (TPSA) is 0 Å². The Morgan fingerprint density at radius 3 is 1.91 bits per heavy atom. The standard InChI is InChI=1S/C8H8.CH3I.H3P/c1-2-8-6-4-3-5-7-8;1-2;/h2-7H,1H2;1H3;1H3. The average Bonchev–Trinajstić information content (AvgIpc) is 2.10. The van der Waals surface area contributed by atoms with E-state index < -0.39 is 0 Å². The number of benzene rings is 1. The summed E-state index contributed by atoms with van der Waals surface area (Å²) in [6.45, 7) is 3.63. The summed E-state index contributed by atoms with van der Waals surface area (Å²) in [5.41, 5.74) is 1.17. The Labute approximate surface area is 85.9 Å². The van der Waals surface area contributed by atoms with Gasteiger partial charge in [-0.05, 0) is 10.5 Å². The van der Waals surface area contributed by atoms with E-state index in [0.717, 1.165) is 0 Å². The molecule has 0 fully saturated rings. The highest BCUT2D eigenvalue weighted by atomic mass is 127. The minimum Gasteiger partial charge on any atom is -0.153 e. The molecule has 0 spiro atoms. The second-order valence-corrected chi connectivity index (χ2v) is 1.61. The molecule has 62 valence electrons. The summed E-state index contributed by atoms with van der Waals surface area (Å²) >= 11 is 2.15. The van der Waals surface area contributed by atoms with Crippen LogP contribution in [0.4, 0.5) is 0 Å². The fraction of sp³-hybridized carbons (Fsp3) is 0.111. The first-order valence-electron chi connectivity index (χ1n) is 2.99. The molecule has 0 aliphatic rings. The van der Waals surface area contributed by atoms with Crippen molar-refractivity contribution in [1.82, 2.24) is 0 Å². The van der Waals surface area contributed by atoms with Gasteiger partial charge in [0.05, 0.1) is 0 Å². The lowest BCUT2D eigenvalue weighted by molar-refractivity contribution is 1.67. The van der Waals surface area contributed by atoms with Gasteiger partial charge in [-0.15, -0.1) is 0 Å². The van der Waals surface area contributed by atoms with Gasteiger partial charge in [0.25, 0.3) is 0 Å². The zero-order valence-corrected chi connectivity index (χ0v) is 10.3. The number of hydrogen-bond donors (Lipinski definition) is 0. The van der Waals surface area contributed by atoms with Crippen molar-refractivity contribution < 1.29 is 0 Å². The summed E-state index contributed by atoms with van der Waals surface area (Å²) in [6, 6.07) is 10.0. The van der Waals surface area contributed by atoms with Crippen LogP contribution in [0.1, 0.15) is 5.56 Å². The summed E-state index contributed by atoms with van der Waals surface area (Å²) in [6.07, 6.45) is 1.83. The molecule has 1 aromatic carbocycles. The number of rotatable bonds is 1. The van der Waals surface area contributed by atoms with Gasteiger partial charge < -0.3 is 0 Å². The maximum Gasteiger partial charge on any atom is -0.0121 e. The molecule has 11 heavy (non-hydrogen) atoms. The van der Waals surface area contributed by atoms with Gasteiger partial charge >= 0.3 is 0 Å². The summed E-state index contributed by atoms with van der Waals surface area (Å²) in [5, 5.41) is 0. The zero-order chi connectivity index (χ0) is 7.82. The molecule has 1 rings (SSSR count). The molecule has 0 radical (unpaired) electrons. The molecular weight excluding hydrogens is 266 g/mol. The van der Waals surface area contributed by atoms with Gasteiger partial charge in [-0.2, -0.15) is 9.90 Å². The van der Waals surface area contributed by atoms with Crippen LogP contribution in [0.2, 0.25) is 0 Å². The van der Waals surface area contributed by atoms with E-state index in [1.165, 1.54) is 5.56 Å². The highest BCUT2D eigenvalue weighted by molar-refractivity contribution is 14.1. The molecule has 0 saturated carbocycles. The van der Waals surface area contributed by atoms with E-state index in [1.807, 2.05) is 41.3 Å². The molecule has 0 amide bonds. The van der Waals surface area contributed by atoms with E-state index >= 15 is 0 Å². The summed E-state index contributed by atoms with van der Waals surface area (Å²) in [7, 11) is 0. The van der Waals surface area contributed by atoms with Crippen LogP contribution in [0.5, 0.6) is 0 Å². The van der Waals surface area contributed by atoms with Gasteiger partial charge in [0, 0.05) is 0 Å². The highest BCUT2D eigenvalue weighted by Gasteiger charge is 1.75. The summed E-state index contributed by atoms with van der Waals surface area (Å²) in [4.78, 5) is 1.97. The van der Waals surface area contributed by atoms with Crippen LogP contribution in [0.15, 0.2) is 36.9 Å². The lowest BCUT2D eigenvalue weighted by atomic mass is 10.2. The van der Waals surface area contributed by atoms with Crippen LogP contribution >= 0.6 is 32.5 Å². The van der Waals surface area contributed by atoms with Crippen LogP contribution in [-0.2, 0) is 0 Å². The van der Waals surface area contributed by atoms with Gasteiger partial charge in [-0.1, -0.05) is 65.6 Å². The summed E-state index contributed by atoms with van der Waals surface area (Å²) < 4.78 is 0. The molecule has 0 nitrogen and oxygen atoms in total. The minimum atomic E-state index is 0. The fourth-order valence-corrected chi connectivity index (χ4v) is 0.589. The van der Waals surface area contributed by atoms with Gasteiger partial charge in [0.15, 0.2) is 0 Å². The highest BCUT2D eigenvalue weighted by Crippen LogP contribution is 1.97. The van der Waals surface area contributed by atoms with Crippen LogP contribution < -0.4 is 0 Å². The second-order valence-electron chi connectivity index (χ2n) is 1.61. The van der Waals surface area contributed by atoms with E-state index in [4.69, 9.17) is 0 Å². The van der Waals surface area contributed by atoms with E-state index in [-0.39, 0.29) is 9.90 Å². The molecule has 0 N–H and O–H groups in total. The van der Waals surface area contributed by atoms with Crippen LogP contribution in [0, 0.1) is 0 Å². The Morgan fingerprint density at radius 2 is 1.64 bits per heavy atom. The first-order valence-corrected chi connectivity index (χ1v) is 5.14. The van der Waals surface area contributed by atoms with E-state index in [0.29, 0.717) is 0 Å². The summed E-state index contributed by atoms with van der Waals surface area (Å²) in [5.74, 6) is 0. The average molecular weight is 280 g/mol. The molecule has 0 aliphatic carbocycles.